The Kier molecular flexibility index (Phi) is 7.25. The van der Waals surface area contributed by atoms with Gasteiger partial charge in [-0.25, -0.2) is 4.39 Å². The van der Waals surface area contributed by atoms with Gasteiger partial charge in [-0.15, -0.1) is 0 Å². The van der Waals surface area contributed by atoms with Crippen LogP contribution in [0.15, 0.2) is 28.9 Å². The molecule has 2 fully saturated rings. The fraction of sp³-hybridized carbons (Fsp3) is 0.536. The summed E-state index contributed by atoms with van der Waals surface area (Å²) in [5.74, 6) is -0.0672. The van der Waals surface area contributed by atoms with Crippen molar-refractivity contribution in [3.63, 3.8) is 0 Å². The minimum Gasteiger partial charge on any atom is -0.468 e. The van der Waals surface area contributed by atoms with Crippen LogP contribution < -0.4 is 10.6 Å². The molecule has 2 N–H and O–H groups in total. The van der Waals surface area contributed by atoms with Crippen molar-refractivity contribution in [3.05, 3.63) is 58.3 Å². The molecule has 8 heteroatoms. The van der Waals surface area contributed by atoms with E-state index in [1.807, 2.05) is 6.92 Å². The van der Waals surface area contributed by atoms with Crippen LogP contribution in [0.2, 0.25) is 0 Å². The molecule has 1 saturated heterocycles. The van der Waals surface area contributed by atoms with E-state index in [0.29, 0.717) is 30.1 Å². The van der Waals surface area contributed by atoms with E-state index >= 15 is 0 Å². The molecule has 0 spiro atoms. The largest absolute Gasteiger partial charge is 0.468 e. The third-order valence-corrected chi connectivity index (χ3v) is 6.93. The second-order valence-electron chi connectivity index (χ2n) is 11.5. The fourth-order valence-electron chi connectivity index (χ4n) is 5.06. The molecular weight excluding hydrogens is 461 g/mol. The number of aryl methyl sites for hydroxylation is 1. The molecule has 1 aliphatic carbocycles. The highest BCUT2D eigenvalue weighted by Crippen LogP contribution is 2.43. The first-order valence-electron chi connectivity index (χ1n) is 12.6. The number of rotatable bonds is 7. The molecule has 3 amide bonds. The van der Waals surface area contributed by atoms with Crippen LogP contribution in [0.1, 0.15) is 90.5 Å². The number of carbonyl (C=O) groups excluding carboxylic acids is 3. The van der Waals surface area contributed by atoms with Crippen molar-refractivity contribution < 1.29 is 23.2 Å². The van der Waals surface area contributed by atoms with E-state index in [1.54, 1.807) is 17.2 Å². The van der Waals surface area contributed by atoms with Crippen LogP contribution in [0.5, 0.6) is 0 Å². The highest BCUT2D eigenvalue weighted by Gasteiger charge is 2.40. The van der Waals surface area contributed by atoms with E-state index in [0.717, 1.165) is 30.6 Å². The Labute approximate surface area is 211 Å². The van der Waals surface area contributed by atoms with Crippen molar-refractivity contribution in [2.24, 2.45) is 11.3 Å². The molecule has 1 aliphatic heterocycles. The number of amides is 3. The van der Waals surface area contributed by atoms with Gasteiger partial charge in [-0.1, -0.05) is 26.8 Å². The second-order valence-corrected chi connectivity index (χ2v) is 11.5. The van der Waals surface area contributed by atoms with Gasteiger partial charge in [0, 0.05) is 49.2 Å². The zero-order valence-electron chi connectivity index (χ0n) is 21.7. The Hall–Kier alpha value is -3.16. The molecule has 4 rings (SSSR count). The number of halogens is 1. The molecule has 1 aromatic heterocycles. The van der Waals surface area contributed by atoms with Crippen molar-refractivity contribution in [3.8, 4) is 0 Å². The van der Waals surface area contributed by atoms with Gasteiger partial charge in [0.05, 0.1) is 17.9 Å². The van der Waals surface area contributed by atoms with Crippen LogP contribution in [0.3, 0.4) is 0 Å². The third-order valence-electron chi connectivity index (χ3n) is 6.93. The van der Waals surface area contributed by atoms with Crippen LogP contribution in [0.25, 0.3) is 0 Å². The Balaban J connectivity index is 1.50. The van der Waals surface area contributed by atoms with Crippen molar-refractivity contribution in [2.45, 2.75) is 72.4 Å². The van der Waals surface area contributed by atoms with E-state index in [2.05, 4.69) is 31.4 Å². The fourth-order valence-corrected chi connectivity index (χ4v) is 5.06. The number of benzene rings is 1. The first-order valence-corrected chi connectivity index (χ1v) is 12.6. The topological polar surface area (TPSA) is 91.7 Å². The summed E-state index contributed by atoms with van der Waals surface area (Å²) in [7, 11) is 0. The lowest BCUT2D eigenvalue weighted by atomic mass is 9.82. The Morgan fingerprint density at radius 3 is 2.50 bits per heavy atom. The average molecular weight is 498 g/mol. The summed E-state index contributed by atoms with van der Waals surface area (Å²) in [4.78, 5) is 39.5. The molecule has 0 radical (unpaired) electrons. The van der Waals surface area contributed by atoms with Gasteiger partial charge in [0.1, 0.15) is 11.6 Å². The van der Waals surface area contributed by atoms with Crippen molar-refractivity contribution >= 4 is 17.7 Å². The lowest BCUT2D eigenvalue weighted by molar-refractivity contribution is -0.119. The molecule has 194 valence electrons. The number of furan rings is 1. The van der Waals surface area contributed by atoms with E-state index < -0.39 is 5.82 Å². The van der Waals surface area contributed by atoms with Crippen molar-refractivity contribution in [2.75, 3.05) is 13.1 Å². The molecule has 7 nitrogen and oxygen atoms in total. The number of carbonyl (C=O) groups is 3. The number of nitrogens with one attached hydrogen (secondary N) is 2. The van der Waals surface area contributed by atoms with Gasteiger partial charge < -0.3 is 20.0 Å². The number of likely N-dealkylation sites (tertiary alicyclic amines) is 1. The van der Waals surface area contributed by atoms with Crippen LogP contribution in [-0.4, -0.2) is 41.8 Å². The minimum atomic E-state index is -0.534. The van der Waals surface area contributed by atoms with Gasteiger partial charge in [0.2, 0.25) is 5.91 Å². The maximum atomic E-state index is 14.6. The van der Waals surface area contributed by atoms with Crippen LogP contribution in [0.4, 0.5) is 4.39 Å². The van der Waals surface area contributed by atoms with Crippen LogP contribution in [-0.2, 0) is 11.3 Å². The number of hydrogen-bond donors (Lipinski definition) is 2. The second kappa shape index (κ2) is 10.1. The predicted molar refractivity (Wildman–Crippen MR) is 134 cm³/mol. The van der Waals surface area contributed by atoms with E-state index in [9.17, 15) is 18.8 Å². The van der Waals surface area contributed by atoms with Gasteiger partial charge in [-0.05, 0) is 49.7 Å². The first-order chi connectivity index (χ1) is 16.9. The van der Waals surface area contributed by atoms with E-state index in [1.165, 1.54) is 19.1 Å². The SMILES string of the molecule is CC(=O)NCc1ccc(C(=O)N2C[C@@H](CC(C)(C)C)[C@H](NC(=O)c3c(C)coc3C3CC3)C2)cc1F. The molecule has 0 bridgehead atoms. The Morgan fingerprint density at radius 1 is 1.17 bits per heavy atom. The normalized spacial score (nSPS) is 19.9. The maximum absolute atomic E-state index is 14.6. The maximum Gasteiger partial charge on any atom is 0.255 e. The highest BCUT2D eigenvalue weighted by atomic mass is 19.1. The van der Waals surface area contributed by atoms with Crippen LogP contribution >= 0.6 is 0 Å². The summed E-state index contributed by atoms with van der Waals surface area (Å²) in [6.07, 6.45) is 4.53. The summed E-state index contributed by atoms with van der Waals surface area (Å²) in [6.45, 7) is 10.6. The summed E-state index contributed by atoms with van der Waals surface area (Å²) in [6, 6.07) is 4.12. The third kappa shape index (κ3) is 5.97. The highest BCUT2D eigenvalue weighted by molar-refractivity contribution is 5.97. The molecule has 2 heterocycles. The Morgan fingerprint density at radius 2 is 1.89 bits per heavy atom. The molecule has 2 aliphatic rings. The molecule has 1 aromatic carbocycles. The summed E-state index contributed by atoms with van der Waals surface area (Å²) in [5, 5.41) is 5.76. The summed E-state index contributed by atoms with van der Waals surface area (Å²) in [5.41, 5.74) is 2.02. The lowest BCUT2D eigenvalue weighted by Crippen LogP contribution is -2.42. The van der Waals surface area contributed by atoms with Gasteiger partial charge in [-0.2, -0.15) is 0 Å². The van der Waals surface area contributed by atoms with Crippen molar-refractivity contribution in [1.29, 1.82) is 0 Å². The molecule has 0 unspecified atom stereocenters. The lowest BCUT2D eigenvalue weighted by Gasteiger charge is -2.27. The van der Waals surface area contributed by atoms with Crippen LogP contribution in [0, 0.1) is 24.1 Å². The summed E-state index contributed by atoms with van der Waals surface area (Å²) < 4.78 is 20.3. The number of hydrogen-bond acceptors (Lipinski definition) is 4. The van der Waals surface area contributed by atoms with E-state index in [-0.39, 0.29) is 47.2 Å². The van der Waals surface area contributed by atoms with Gasteiger partial charge in [0.15, 0.2) is 0 Å². The standard InChI is InChI=1S/C28H36FN3O4/c1-16-15-36-25(18-6-7-18)24(16)26(34)31-23-14-32(13-21(23)11-28(3,4)5)27(35)19-8-9-20(22(29)10-19)12-30-17(2)33/h8-10,15,18,21,23H,6-7,11-14H2,1-5H3,(H,30,33)(H,31,34)/t21-,23-/m1/s1. The average Bonchev–Trinajstić information content (AvgIpc) is 3.46. The quantitative estimate of drug-likeness (QED) is 0.587. The molecule has 2 aromatic rings. The molecule has 1 saturated carbocycles. The zero-order chi connectivity index (χ0) is 26.2. The predicted octanol–water partition coefficient (Wildman–Crippen LogP) is 4.55. The minimum absolute atomic E-state index is 0.00883. The molecular formula is C28H36FN3O4. The van der Waals surface area contributed by atoms with Gasteiger partial charge >= 0.3 is 0 Å². The first kappa shape index (κ1) is 25.9. The van der Waals surface area contributed by atoms with Crippen molar-refractivity contribution in [1.82, 2.24) is 15.5 Å². The Bertz CT molecular complexity index is 1160. The molecule has 36 heavy (non-hydrogen) atoms. The zero-order valence-corrected chi connectivity index (χ0v) is 21.7. The summed E-state index contributed by atoms with van der Waals surface area (Å²) >= 11 is 0. The monoisotopic (exact) mass is 497 g/mol. The van der Waals surface area contributed by atoms with E-state index in [4.69, 9.17) is 4.42 Å². The van der Waals surface area contributed by atoms with Gasteiger partial charge in [-0.3, -0.25) is 14.4 Å². The smallest absolute Gasteiger partial charge is 0.255 e. The number of nitrogens with zero attached hydrogens (tertiary/aromatic N) is 1. The molecule has 2 atom stereocenters. The van der Waals surface area contributed by atoms with Gasteiger partial charge in [0.25, 0.3) is 11.8 Å².